The monoisotopic (exact) mass is 195 g/mol. The zero-order valence-electron chi connectivity index (χ0n) is 7.97. The van der Waals surface area contributed by atoms with Crippen molar-refractivity contribution in [1.29, 1.82) is 0 Å². The molecule has 0 aliphatic carbocycles. The molecule has 0 saturated carbocycles. The van der Waals surface area contributed by atoms with Gasteiger partial charge in [0.2, 0.25) is 0 Å². The summed E-state index contributed by atoms with van der Waals surface area (Å²) in [7, 11) is 0. The molecule has 2 heterocycles. The molecule has 1 saturated heterocycles. The summed E-state index contributed by atoms with van der Waals surface area (Å²) in [6.07, 6.45) is 2.57. The van der Waals surface area contributed by atoms with E-state index in [1.807, 2.05) is 6.92 Å². The van der Waals surface area contributed by atoms with Crippen molar-refractivity contribution >= 4 is 5.91 Å². The molecule has 5 heteroatoms. The molecule has 2 N–H and O–H groups in total. The second-order valence-corrected chi connectivity index (χ2v) is 3.72. The molecule has 2 unspecified atom stereocenters. The number of rotatable bonds is 1. The molecule has 14 heavy (non-hydrogen) atoms. The normalized spacial score (nSPS) is 26.9. The molecule has 1 amide bonds. The van der Waals surface area contributed by atoms with Crippen LogP contribution in [0.1, 0.15) is 17.4 Å². The van der Waals surface area contributed by atoms with Gasteiger partial charge in [-0.05, 0) is 0 Å². The first-order chi connectivity index (χ1) is 6.68. The van der Waals surface area contributed by atoms with Gasteiger partial charge in [-0.25, -0.2) is 4.98 Å². The maximum absolute atomic E-state index is 11.7. The number of nitrogens with one attached hydrogen (secondary N) is 1. The Balaban J connectivity index is 2.07. The Kier molecular flexibility index (Phi) is 2.25. The number of carbonyl (C=O) groups is 1. The summed E-state index contributed by atoms with van der Waals surface area (Å²) in [5, 5.41) is 9.49. The highest BCUT2D eigenvalue weighted by molar-refractivity contribution is 5.92. The second-order valence-electron chi connectivity index (χ2n) is 3.72. The van der Waals surface area contributed by atoms with E-state index in [1.165, 1.54) is 12.5 Å². The molecule has 1 aromatic rings. The van der Waals surface area contributed by atoms with Crippen LogP contribution in [0, 0.1) is 5.92 Å². The summed E-state index contributed by atoms with van der Waals surface area (Å²) in [4.78, 5) is 19.9. The molecule has 1 aliphatic rings. The van der Waals surface area contributed by atoms with Crippen LogP contribution in [0.15, 0.2) is 12.5 Å². The number of aromatic nitrogens is 2. The van der Waals surface area contributed by atoms with Crippen molar-refractivity contribution < 1.29 is 9.90 Å². The number of H-pyrrole nitrogens is 1. The number of carbonyl (C=O) groups excluding carboxylic acids is 1. The van der Waals surface area contributed by atoms with Crippen molar-refractivity contribution in [1.82, 2.24) is 14.9 Å². The molecular formula is C9H13N3O2. The zero-order chi connectivity index (χ0) is 10.1. The highest BCUT2D eigenvalue weighted by Crippen LogP contribution is 2.17. The topological polar surface area (TPSA) is 69.2 Å². The molecule has 1 fully saturated rings. The van der Waals surface area contributed by atoms with Crippen LogP contribution in [0.2, 0.25) is 0 Å². The van der Waals surface area contributed by atoms with Gasteiger partial charge in [0, 0.05) is 19.0 Å². The highest BCUT2D eigenvalue weighted by atomic mass is 16.3. The van der Waals surface area contributed by atoms with Gasteiger partial charge in [0.15, 0.2) is 0 Å². The first kappa shape index (κ1) is 9.21. The minimum absolute atomic E-state index is 0.0918. The zero-order valence-corrected chi connectivity index (χ0v) is 7.97. The number of aliphatic hydroxyl groups excluding tert-OH is 1. The van der Waals surface area contributed by atoms with E-state index in [0.717, 1.165) is 0 Å². The van der Waals surface area contributed by atoms with Crippen LogP contribution in [0.3, 0.4) is 0 Å². The second kappa shape index (κ2) is 3.42. The number of hydrogen-bond donors (Lipinski definition) is 2. The fourth-order valence-corrected chi connectivity index (χ4v) is 1.66. The molecule has 0 spiro atoms. The largest absolute Gasteiger partial charge is 0.391 e. The van der Waals surface area contributed by atoms with Crippen LogP contribution < -0.4 is 0 Å². The lowest BCUT2D eigenvalue weighted by atomic mass is 10.1. The SMILES string of the molecule is CC1CN(C(=O)c2cnc[nH]2)CC1O. The van der Waals surface area contributed by atoms with Crippen molar-refractivity contribution in [2.24, 2.45) is 5.92 Å². The molecule has 0 radical (unpaired) electrons. The number of hydrogen-bond acceptors (Lipinski definition) is 3. The Morgan fingerprint density at radius 2 is 2.50 bits per heavy atom. The van der Waals surface area contributed by atoms with Crippen LogP contribution in [0.25, 0.3) is 0 Å². The van der Waals surface area contributed by atoms with Crippen molar-refractivity contribution in [2.45, 2.75) is 13.0 Å². The number of aromatic amines is 1. The first-order valence-corrected chi connectivity index (χ1v) is 4.64. The molecule has 5 nitrogen and oxygen atoms in total. The van der Waals surface area contributed by atoms with E-state index in [1.54, 1.807) is 4.90 Å². The smallest absolute Gasteiger partial charge is 0.272 e. The molecule has 0 bridgehead atoms. The predicted molar refractivity (Wildman–Crippen MR) is 49.7 cm³/mol. The van der Waals surface area contributed by atoms with Gasteiger partial charge in [0.05, 0.1) is 18.6 Å². The number of likely N-dealkylation sites (tertiary alicyclic amines) is 1. The Morgan fingerprint density at radius 1 is 1.71 bits per heavy atom. The number of nitrogens with zero attached hydrogens (tertiary/aromatic N) is 2. The Morgan fingerprint density at radius 3 is 3.00 bits per heavy atom. The van der Waals surface area contributed by atoms with E-state index in [-0.39, 0.29) is 11.8 Å². The third kappa shape index (κ3) is 1.50. The molecule has 76 valence electrons. The minimum atomic E-state index is -0.401. The highest BCUT2D eigenvalue weighted by Gasteiger charge is 2.31. The number of β-amino-alcohol motifs (C(OH)–C–C–N with tert-alkyl or cyclic N) is 1. The lowest BCUT2D eigenvalue weighted by Gasteiger charge is -2.13. The van der Waals surface area contributed by atoms with Gasteiger partial charge < -0.3 is 15.0 Å². The summed E-state index contributed by atoms with van der Waals surface area (Å²) in [6, 6.07) is 0. The van der Waals surface area contributed by atoms with E-state index in [9.17, 15) is 9.90 Å². The van der Waals surface area contributed by atoms with E-state index in [2.05, 4.69) is 9.97 Å². The van der Waals surface area contributed by atoms with Crippen LogP contribution in [0.4, 0.5) is 0 Å². The lowest BCUT2D eigenvalue weighted by Crippen LogP contribution is -2.29. The molecule has 2 atom stereocenters. The van der Waals surface area contributed by atoms with E-state index >= 15 is 0 Å². The fraction of sp³-hybridized carbons (Fsp3) is 0.556. The summed E-state index contributed by atoms with van der Waals surface area (Å²) >= 11 is 0. The summed E-state index contributed by atoms with van der Waals surface area (Å²) in [5.74, 6) is 0.0628. The van der Waals surface area contributed by atoms with Crippen molar-refractivity contribution in [3.8, 4) is 0 Å². The maximum atomic E-state index is 11.7. The third-order valence-electron chi connectivity index (χ3n) is 2.59. The van der Waals surface area contributed by atoms with E-state index < -0.39 is 6.10 Å². The summed E-state index contributed by atoms with van der Waals surface area (Å²) < 4.78 is 0. The van der Waals surface area contributed by atoms with Gasteiger partial charge in [-0.15, -0.1) is 0 Å². The van der Waals surface area contributed by atoms with Gasteiger partial charge in [-0.3, -0.25) is 4.79 Å². The average molecular weight is 195 g/mol. The van der Waals surface area contributed by atoms with Crippen LogP contribution >= 0.6 is 0 Å². The first-order valence-electron chi connectivity index (χ1n) is 4.64. The van der Waals surface area contributed by atoms with Gasteiger partial charge in [-0.2, -0.15) is 0 Å². The van der Waals surface area contributed by atoms with E-state index in [4.69, 9.17) is 0 Å². The predicted octanol–water partition coefficient (Wildman–Crippen LogP) is -0.138. The third-order valence-corrected chi connectivity index (χ3v) is 2.59. The molecule has 1 aliphatic heterocycles. The van der Waals surface area contributed by atoms with Crippen molar-refractivity contribution in [3.05, 3.63) is 18.2 Å². The van der Waals surface area contributed by atoms with Crippen molar-refractivity contribution in [2.75, 3.05) is 13.1 Å². The fourth-order valence-electron chi connectivity index (χ4n) is 1.66. The quantitative estimate of drug-likeness (QED) is 0.655. The van der Waals surface area contributed by atoms with Gasteiger partial charge in [0.25, 0.3) is 5.91 Å². The lowest BCUT2D eigenvalue weighted by molar-refractivity contribution is 0.0759. The molecule has 2 rings (SSSR count). The van der Waals surface area contributed by atoms with Gasteiger partial charge >= 0.3 is 0 Å². The molecule has 1 aromatic heterocycles. The Labute approximate surface area is 81.8 Å². The standard InChI is InChI=1S/C9H13N3O2/c1-6-3-12(4-8(6)13)9(14)7-2-10-5-11-7/h2,5-6,8,13H,3-4H2,1H3,(H,10,11). The Bertz CT molecular complexity index is 313. The number of aliphatic hydroxyl groups is 1. The number of imidazole rings is 1. The summed E-state index contributed by atoms with van der Waals surface area (Å²) in [6.45, 7) is 2.96. The Hall–Kier alpha value is -1.36. The van der Waals surface area contributed by atoms with Crippen LogP contribution in [0.5, 0.6) is 0 Å². The van der Waals surface area contributed by atoms with Crippen LogP contribution in [-0.4, -0.2) is 45.1 Å². The van der Waals surface area contributed by atoms with Gasteiger partial charge in [0.1, 0.15) is 5.69 Å². The van der Waals surface area contributed by atoms with Crippen molar-refractivity contribution in [3.63, 3.8) is 0 Å². The maximum Gasteiger partial charge on any atom is 0.272 e. The molecule has 0 aromatic carbocycles. The minimum Gasteiger partial charge on any atom is -0.391 e. The van der Waals surface area contributed by atoms with Gasteiger partial charge in [-0.1, -0.05) is 6.92 Å². The summed E-state index contributed by atoms with van der Waals surface area (Å²) in [5.41, 5.74) is 0.478. The van der Waals surface area contributed by atoms with Crippen LogP contribution in [-0.2, 0) is 0 Å². The molecular weight excluding hydrogens is 182 g/mol. The number of amides is 1. The average Bonchev–Trinajstić information content (AvgIpc) is 2.76. The van der Waals surface area contributed by atoms with E-state index in [0.29, 0.717) is 18.8 Å².